The number of unbranched alkanes of at least 4 members (excludes halogenated alkanes) is 10. The predicted molar refractivity (Wildman–Crippen MR) is 105 cm³/mol. The molecule has 0 aliphatic carbocycles. The number of rotatable bonds is 13. The molecule has 0 aliphatic heterocycles. The molecule has 0 heteroatoms. The minimum Gasteiger partial charge on any atom is -0.0622 e. The largest absolute Gasteiger partial charge is 0.0622 e. The summed E-state index contributed by atoms with van der Waals surface area (Å²) in [6, 6.07) is 10.9. The predicted octanol–water partition coefficient (Wildman–Crippen LogP) is 7.96. The molecular formula is C23H40. The molecule has 0 fully saturated rings. The van der Waals surface area contributed by atoms with Crippen LogP contribution >= 0.6 is 0 Å². The number of hydrogen-bond donors (Lipinski definition) is 0. The summed E-state index contributed by atoms with van der Waals surface area (Å²) in [5, 5.41) is 0. The highest BCUT2D eigenvalue weighted by Crippen LogP contribution is 2.22. The number of aryl methyl sites for hydroxylation is 1. The second-order valence-corrected chi connectivity index (χ2v) is 8.44. The van der Waals surface area contributed by atoms with Crippen LogP contribution in [-0.4, -0.2) is 0 Å². The SMILES string of the molecule is CC(C)(C)CCCCCCCCCCCCCc1ccccc1. The van der Waals surface area contributed by atoms with Gasteiger partial charge < -0.3 is 0 Å². The Labute approximate surface area is 146 Å². The van der Waals surface area contributed by atoms with Crippen molar-refractivity contribution in [3.05, 3.63) is 35.9 Å². The minimum atomic E-state index is 0.528. The van der Waals surface area contributed by atoms with Crippen LogP contribution in [0.1, 0.15) is 103 Å². The van der Waals surface area contributed by atoms with Crippen LogP contribution in [0.2, 0.25) is 0 Å². The Morgan fingerprint density at radius 2 is 1.00 bits per heavy atom. The van der Waals surface area contributed by atoms with Gasteiger partial charge in [-0.05, 0) is 30.2 Å². The van der Waals surface area contributed by atoms with Gasteiger partial charge in [-0.3, -0.25) is 0 Å². The van der Waals surface area contributed by atoms with Crippen LogP contribution < -0.4 is 0 Å². The van der Waals surface area contributed by atoms with Crippen LogP contribution in [0.3, 0.4) is 0 Å². The molecule has 0 saturated carbocycles. The van der Waals surface area contributed by atoms with Crippen LogP contribution in [0.5, 0.6) is 0 Å². The lowest BCUT2D eigenvalue weighted by Gasteiger charge is -2.17. The molecule has 0 radical (unpaired) electrons. The molecule has 23 heavy (non-hydrogen) atoms. The summed E-state index contributed by atoms with van der Waals surface area (Å²) in [7, 11) is 0. The molecule has 132 valence electrons. The van der Waals surface area contributed by atoms with Crippen LogP contribution in [0.15, 0.2) is 30.3 Å². The van der Waals surface area contributed by atoms with Gasteiger partial charge in [0, 0.05) is 0 Å². The monoisotopic (exact) mass is 316 g/mol. The zero-order valence-corrected chi connectivity index (χ0v) is 16.1. The Hall–Kier alpha value is -0.780. The van der Waals surface area contributed by atoms with Gasteiger partial charge >= 0.3 is 0 Å². The molecule has 0 spiro atoms. The van der Waals surface area contributed by atoms with E-state index in [0.717, 1.165) is 0 Å². The normalized spacial score (nSPS) is 11.8. The lowest BCUT2D eigenvalue weighted by Crippen LogP contribution is -2.03. The first-order chi connectivity index (χ1) is 11.1. The molecule has 0 heterocycles. The molecule has 1 aromatic carbocycles. The fraction of sp³-hybridized carbons (Fsp3) is 0.739. The Morgan fingerprint density at radius 3 is 1.48 bits per heavy atom. The molecular weight excluding hydrogens is 276 g/mol. The third-order valence-corrected chi connectivity index (χ3v) is 4.74. The van der Waals surface area contributed by atoms with Crippen molar-refractivity contribution in [2.24, 2.45) is 5.41 Å². The molecule has 0 N–H and O–H groups in total. The molecule has 0 amide bonds. The average Bonchev–Trinajstić information content (AvgIpc) is 2.52. The standard InChI is InChI=1S/C23H40/c1-23(2,3)21-17-12-10-8-6-4-5-7-9-11-14-18-22-19-15-13-16-20-22/h13,15-16,19-20H,4-12,14,17-18,21H2,1-3H3. The summed E-state index contributed by atoms with van der Waals surface area (Å²) in [6.07, 6.45) is 18.4. The van der Waals surface area contributed by atoms with E-state index in [9.17, 15) is 0 Å². The fourth-order valence-corrected chi connectivity index (χ4v) is 3.22. The molecule has 1 aromatic rings. The maximum Gasteiger partial charge on any atom is -0.0279 e. The highest BCUT2D eigenvalue weighted by molar-refractivity contribution is 5.14. The van der Waals surface area contributed by atoms with E-state index >= 15 is 0 Å². The summed E-state index contributed by atoms with van der Waals surface area (Å²) >= 11 is 0. The topological polar surface area (TPSA) is 0 Å². The van der Waals surface area contributed by atoms with E-state index in [1.165, 1.54) is 89.0 Å². The number of hydrogen-bond acceptors (Lipinski definition) is 0. The number of benzene rings is 1. The quantitative estimate of drug-likeness (QED) is 0.324. The van der Waals surface area contributed by atoms with E-state index < -0.39 is 0 Å². The summed E-state index contributed by atoms with van der Waals surface area (Å²) in [6.45, 7) is 7.06. The maximum atomic E-state index is 2.35. The summed E-state index contributed by atoms with van der Waals surface area (Å²) in [5.74, 6) is 0. The zero-order valence-electron chi connectivity index (χ0n) is 16.1. The van der Waals surface area contributed by atoms with Crippen molar-refractivity contribution in [3.63, 3.8) is 0 Å². The van der Waals surface area contributed by atoms with Crippen molar-refractivity contribution in [1.82, 2.24) is 0 Å². The summed E-state index contributed by atoms with van der Waals surface area (Å²) in [5.41, 5.74) is 2.03. The minimum absolute atomic E-state index is 0.528. The van der Waals surface area contributed by atoms with E-state index in [4.69, 9.17) is 0 Å². The van der Waals surface area contributed by atoms with Crippen LogP contribution in [0, 0.1) is 5.41 Å². The molecule has 0 nitrogen and oxygen atoms in total. The van der Waals surface area contributed by atoms with Gasteiger partial charge in [0.15, 0.2) is 0 Å². The second-order valence-electron chi connectivity index (χ2n) is 8.44. The lowest BCUT2D eigenvalue weighted by molar-refractivity contribution is 0.356. The van der Waals surface area contributed by atoms with Crippen molar-refractivity contribution >= 4 is 0 Å². The summed E-state index contributed by atoms with van der Waals surface area (Å²) in [4.78, 5) is 0. The Kier molecular flexibility index (Phi) is 11.1. The van der Waals surface area contributed by atoms with Crippen LogP contribution in [0.4, 0.5) is 0 Å². The van der Waals surface area contributed by atoms with Gasteiger partial charge in [-0.1, -0.05) is 115 Å². The first-order valence-corrected chi connectivity index (χ1v) is 10.1. The van der Waals surface area contributed by atoms with Crippen LogP contribution in [0.25, 0.3) is 0 Å². The van der Waals surface area contributed by atoms with Gasteiger partial charge in [-0.15, -0.1) is 0 Å². The molecule has 1 rings (SSSR count). The molecule has 0 atom stereocenters. The molecule has 0 saturated heterocycles. The first-order valence-electron chi connectivity index (χ1n) is 10.1. The second kappa shape index (κ2) is 12.6. The smallest absolute Gasteiger partial charge is 0.0279 e. The maximum absolute atomic E-state index is 2.35. The Bertz CT molecular complexity index is 357. The Balaban J connectivity index is 1.76. The molecule has 0 aliphatic rings. The highest BCUT2D eigenvalue weighted by atomic mass is 14.1. The lowest BCUT2D eigenvalue weighted by atomic mass is 9.89. The fourth-order valence-electron chi connectivity index (χ4n) is 3.22. The molecule has 0 aromatic heterocycles. The van der Waals surface area contributed by atoms with E-state index in [2.05, 4.69) is 51.1 Å². The first kappa shape index (κ1) is 20.3. The van der Waals surface area contributed by atoms with Crippen molar-refractivity contribution in [1.29, 1.82) is 0 Å². The van der Waals surface area contributed by atoms with Gasteiger partial charge in [0.2, 0.25) is 0 Å². The van der Waals surface area contributed by atoms with Crippen molar-refractivity contribution < 1.29 is 0 Å². The molecule has 0 unspecified atom stereocenters. The van der Waals surface area contributed by atoms with Gasteiger partial charge in [-0.25, -0.2) is 0 Å². The van der Waals surface area contributed by atoms with Crippen molar-refractivity contribution in [2.75, 3.05) is 0 Å². The van der Waals surface area contributed by atoms with Gasteiger partial charge in [0.05, 0.1) is 0 Å². The highest BCUT2D eigenvalue weighted by Gasteiger charge is 2.08. The van der Waals surface area contributed by atoms with Crippen molar-refractivity contribution in [3.8, 4) is 0 Å². The zero-order chi connectivity index (χ0) is 16.8. The van der Waals surface area contributed by atoms with E-state index in [1.807, 2.05) is 0 Å². The molecule has 0 bridgehead atoms. The average molecular weight is 317 g/mol. The van der Waals surface area contributed by atoms with E-state index in [-0.39, 0.29) is 0 Å². The van der Waals surface area contributed by atoms with E-state index in [0.29, 0.717) is 5.41 Å². The van der Waals surface area contributed by atoms with Crippen LogP contribution in [-0.2, 0) is 6.42 Å². The van der Waals surface area contributed by atoms with Gasteiger partial charge in [-0.2, -0.15) is 0 Å². The Morgan fingerprint density at radius 1 is 0.565 bits per heavy atom. The summed E-state index contributed by atoms with van der Waals surface area (Å²) < 4.78 is 0. The van der Waals surface area contributed by atoms with E-state index in [1.54, 1.807) is 0 Å². The van der Waals surface area contributed by atoms with Crippen molar-refractivity contribution in [2.45, 2.75) is 104 Å². The van der Waals surface area contributed by atoms with Gasteiger partial charge in [0.1, 0.15) is 0 Å². The third-order valence-electron chi connectivity index (χ3n) is 4.74. The van der Waals surface area contributed by atoms with Gasteiger partial charge in [0.25, 0.3) is 0 Å². The third kappa shape index (κ3) is 13.4.